The van der Waals surface area contributed by atoms with Crippen molar-refractivity contribution in [1.29, 1.82) is 5.26 Å². The number of nitrogens with one attached hydrogen (secondary N) is 2. The van der Waals surface area contributed by atoms with Crippen molar-refractivity contribution in [3.8, 4) is 11.8 Å². The quantitative estimate of drug-likeness (QED) is 0.794. The number of hydrogen-bond acceptors (Lipinski definition) is 5. The van der Waals surface area contributed by atoms with Crippen molar-refractivity contribution >= 4 is 22.8 Å². The van der Waals surface area contributed by atoms with Gasteiger partial charge >= 0.3 is 6.03 Å². The highest BCUT2D eigenvalue weighted by Crippen LogP contribution is 2.24. The standard InChI is InChI=1S/C17H21N5O2/c1-4-24-14-5-6-15-12(10-14)9-13(11-18)16(21-15)19-7-8-20-17(23)22(2)3/h5-6,9-10H,4,7-8H2,1-3H3,(H,19,21)(H,20,23). The molecular weight excluding hydrogens is 306 g/mol. The topological polar surface area (TPSA) is 90.3 Å². The predicted molar refractivity (Wildman–Crippen MR) is 93.2 cm³/mol. The minimum absolute atomic E-state index is 0.160. The zero-order valence-electron chi connectivity index (χ0n) is 14.1. The van der Waals surface area contributed by atoms with E-state index < -0.39 is 0 Å². The number of urea groups is 1. The number of carbonyl (C=O) groups excluding carboxylic acids is 1. The summed E-state index contributed by atoms with van der Waals surface area (Å²) in [5, 5.41) is 16.0. The monoisotopic (exact) mass is 327 g/mol. The lowest BCUT2D eigenvalue weighted by Crippen LogP contribution is -2.37. The van der Waals surface area contributed by atoms with E-state index in [1.807, 2.05) is 25.1 Å². The highest BCUT2D eigenvalue weighted by molar-refractivity contribution is 5.84. The van der Waals surface area contributed by atoms with Crippen molar-refractivity contribution in [2.75, 3.05) is 39.1 Å². The highest BCUT2D eigenvalue weighted by atomic mass is 16.5. The molecule has 0 aliphatic heterocycles. The van der Waals surface area contributed by atoms with Gasteiger partial charge < -0.3 is 20.3 Å². The number of pyridine rings is 1. The van der Waals surface area contributed by atoms with Gasteiger partial charge in [0.25, 0.3) is 0 Å². The van der Waals surface area contributed by atoms with Gasteiger partial charge in [0.2, 0.25) is 0 Å². The van der Waals surface area contributed by atoms with Crippen molar-refractivity contribution in [2.45, 2.75) is 6.92 Å². The first-order valence-electron chi connectivity index (χ1n) is 7.72. The first kappa shape index (κ1) is 17.3. The number of fused-ring (bicyclic) bond motifs is 1. The van der Waals surface area contributed by atoms with Gasteiger partial charge in [0, 0.05) is 32.6 Å². The van der Waals surface area contributed by atoms with Gasteiger partial charge in [-0.3, -0.25) is 0 Å². The highest BCUT2D eigenvalue weighted by Gasteiger charge is 2.08. The molecule has 0 aliphatic rings. The van der Waals surface area contributed by atoms with Gasteiger partial charge in [0.05, 0.1) is 17.7 Å². The van der Waals surface area contributed by atoms with E-state index in [2.05, 4.69) is 21.7 Å². The number of carbonyl (C=O) groups is 1. The Labute approximate surface area is 141 Å². The van der Waals surface area contributed by atoms with Crippen LogP contribution in [0.15, 0.2) is 24.3 Å². The Hall–Kier alpha value is -3.01. The van der Waals surface area contributed by atoms with Crippen molar-refractivity contribution in [1.82, 2.24) is 15.2 Å². The van der Waals surface area contributed by atoms with Crippen LogP contribution in [0, 0.1) is 11.3 Å². The average Bonchev–Trinajstić information content (AvgIpc) is 2.57. The number of nitriles is 1. The van der Waals surface area contributed by atoms with Gasteiger partial charge in [-0.2, -0.15) is 5.26 Å². The molecule has 0 unspecified atom stereocenters. The average molecular weight is 327 g/mol. The van der Waals surface area contributed by atoms with E-state index in [0.29, 0.717) is 31.1 Å². The fourth-order valence-electron chi connectivity index (χ4n) is 2.14. The minimum Gasteiger partial charge on any atom is -0.494 e. The van der Waals surface area contributed by atoms with E-state index >= 15 is 0 Å². The number of benzene rings is 1. The molecule has 0 saturated carbocycles. The van der Waals surface area contributed by atoms with Crippen LogP contribution >= 0.6 is 0 Å². The van der Waals surface area contributed by atoms with Crippen LogP contribution in [0.25, 0.3) is 10.9 Å². The second-order valence-corrected chi connectivity index (χ2v) is 5.34. The second-order valence-electron chi connectivity index (χ2n) is 5.34. The van der Waals surface area contributed by atoms with Gasteiger partial charge in [0.1, 0.15) is 17.6 Å². The first-order valence-corrected chi connectivity index (χ1v) is 7.72. The molecule has 1 aromatic carbocycles. The fourth-order valence-corrected chi connectivity index (χ4v) is 2.14. The van der Waals surface area contributed by atoms with Crippen LogP contribution in [0.3, 0.4) is 0 Å². The second kappa shape index (κ2) is 8.02. The van der Waals surface area contributed by atoms with E-state index in [-0.39, 0.29) is 6.03 Å². The summed E-state index contributed by atoms with van der Waals surface area (Å²) in [6.45, 7) is 3.42. The third-order valence-corrected chi connectivity index (χ3v) is 3.32. The first-order chi connectivity index (χ1) is 11.5. The fraction of sp³-hybridized carbons (Fsp3) is 0.353. The molecule has 1 heterocycles. The third kappa shape index (κ3) is 4.26. The van der Waals surface area contributed by atoms with Gasteiger partial charge in [0.15, 0.2) is 0 Å². The van der Waals surface area contributed by atoms with Crippen LogP contribution in [0.2, 0.25) is 0 Å². The number of anilines is 1. The van der Waals surface area contributed by atoms with E-state index in [1.54, 1.807) is 20.2 Å². The summed E-state index contributed by atoms with van der Waals surface area (Å²) in [4.78, 5) is 17.4. The molecule has 126 valence electrons. The maximum Gasteiger partial charge on any atom is 0.316 e. The van der Waals surface area contributed by atoms with E-state index in [0.717, 1.165) is 16.7 Å². The molecule has 24 heavy (non-hydrogen) atoms. The lowest BCUT2D eigenvalue weighted by atomic mass is 10.1. The summed E-state index contributed by atoms with van der Waals surface area (Å²) >= 11 is 0. The van der Waals surface area contributed by atoms with Crippen LogP contribution < -0.4 is 15.4 Å². The Balaban J connectivity index is 2.11. The van der Waals surface area contributed by atoms with Crippen LogP contribution in [-0.2, 0) is 0 Å². The van der Waals surface area contributed by atoms with E-state index in [9.17, 15) is 10.1 Å². The molecule has 0 spiro atoms. The molecule has 7 nitrogen and oxygen atoms in total. The number of nitrogens with zero attached hydrogens (tertiary/aromatic N) is 3. The molecule has 2 aromatic rings. The zero-order chi connectivity index (χ0) is 17.5. The normalized spacial score (nSPS) is 10.1. The van der Waals surface area contributed by atoms with Crippen molar-refractivity contribution in [2.24, 2.45) is 0 Å². The van der Waals surface area contributed by atoms with Crippen molar-refractivity contribution in [3.63, 3.8) is 0 Å². The molecule has 0 radical (unpaired) electrons. The predicted octanol–water partition coefficient (Wildman–Crippen LogP) is 2.19. The molecule has 0 bridgehead atoms. The summed E-state index contributed by atoms with van der Waals surface area (Å²) in [7, 11) is 3.36. The zero-order valence-corrected chi connectivity index (χ0v) is 14.1. The SMILES string of the molecule is CCOc1ccc2nc(NCCNC(=O)N(C)C)c(C#N)cc2c1. The summed E-state index contributed by atoms with van der Waals surface area (Å²) in [6.07, 6.45) is 0. The largest absolute Gasteiger partial charge is 0.494 e. The van der Waals surface area contributed by atoms with Crippen molar-refractivity contribution < 1.29 is 9.53 Å². The molecule has 0 saturated heterocycles. The summed E-state index contributed by atoms with van der Waals surface area (Å²) in [5.41, 5.74) is 1.23. The van der Waals surface area contributed by atoms with Crippen LogP contribution in [0.1, 0.15) is 12.5 Å². The number of ether oxygens (including phenoxy) is 1. The molecule has 0 atom stereocenters. The maximum atomic E-state index is 11.4. The Bertz CT molecular complexity index is 767. The lowest BCUT2D eigenvalue weighted by Gasteiger charge is -2.13. The van der Waals surface area contributed by atoms with Gasteiger partial charge in [-0.1, -0.05) is 0 Å². The molecule has 0 fully saturated rings. The number of aromatic nitrogens is 1. The Kier molecular flexibility index (Phi) is 5.79. The third-order valence-electron chi connectivity index (χ3n) is 3.32. The summed E-state index contributed by atoms with van der Waals surface area (Å²) in [5.74, 6) is 1.26. The Morgan fingerprint density at radius 3 is 2.79 bits per heavy atom. The molecule has 2 amide bonds. The smallest absolute Gasteiger partial charge is 0.316 e. The number of rotatable bonds is 6. The van der Waals surface area contributed by atoms with Gasteiger partial charge in [-0.15, -0.1) is 0 Å². The molecule has 2 N–H and O–H groups in total. The summed E-state index contributed by atoms with van der Waals surface area (Å²) < 4.78 is 5.47. The van der Waals surface area contributed by atoms with Gasteiger partial charge in [-0.25, -0.2) is 9.78 Å². The van der Waals surface area contributed by atoms with Crippen LogP contribution in [0.5, 0.6) is 5.75 Å². The maximum absolute atomic E-state index is 11.4. The Morgan fingerprint density at radius 2 is 2.12 bits per heavy atom. The molecule has 0 aliphatic carbocycles. The Morgan fingerprint density at radius 1 is 1.33 bits per heavy atom. The lowest BCUT2D eigenvalue weighted by molar-refractivity contribution is 0.218. The summed E-state index contributed by atoms with van der Waals surface area (Å²) in [6, 6.07) is 9.35. The van der Waals surface area contributed by atoms with E-state index in [4.69, 9.17) is 4.74 Å². The number of hydrogen-bond donors (Lipinski definition) is 2. The molecule has 1 aromatic heterocycles. The van der Waals surface area contributed by atoms with Crippen LogP contribution in [0.4, 0.5) is 10.6 Å². The van der Waals surface area contributed by atoms with Crippen LogP contribution in [-0.4, -0.2) is 49.7 Å². The molecule has 7 heteroatoms. The van der Waals surface area contributed by atoms with Gasteiger partial charge in [-0.05, 0) is 31.2 Å². The molecule has 2 rings (SSSR count). The molecular formula is C17H21N5O2. The number of amides is 2. The van der Waals surface area contributed by atoms with E-state index in [1.165, 1.54) is 4.90 Å². The minimum atomic E-state index is -0.160. The van der Waals surface area contributed by atoms with Crippen molar-refractivity contribution in [3.05, 3.63) is 29.8 Å².